The number of amides is 1. The Hall–Kier alpha value is -2.90. The fraction of sp³-hybridized carbons (Fsp3) is 0.444. The lowest BCUT2D eigenvalue weighted by atomic mass is 9.85. The van der Waals surface area contributed by atoms with E-state index in [9.17, 15) is 9.59 Å². The van der Waals surface area contributed by atoms with Gasteiger partial charge in [0.2, 0.25) is 5.91 Å². The number of pyridine rings is 1. The molecule has 2 atom stereocenters. The van der Waals surface area contributed by atoms with E-state index in [2.05, 4.69) is 15.6 Å². The van der Waals surface area contributed by atoms with Gasteiger partial charge in [0, 0.05) is 36.9 Å². The van der Waals surface area contributed by atoms with Gasteiger partial charge in [-0.15, -0.1) is 11.6 Å². The molecule has 0 spiro atoms. The third-order valence-corrected chi connectivity index (χ3v) is 7.58. The molecule has 3 aromatic rings. The number of halogens is 1. The minimum absolute atomic E-state index is 0.00799. The van der Waals surface area contributed by atoms with Crippen LogP contribution in [0.1, 0.15) is 38.3 Å². The Morgan fingerprint density at radius 1 is 1.09 bits per heavy atom. The lowest BCUT2D eigenvalue weighted by molar-refractivity contribution is -0.118. The van der Waals surface area contributed by atoms with Crippen molar-refractivity contribution in [2.24, 2.45) is 5.92 Å². The van der Waals surface area contributed by atoms with E-state index in [-0.39, 0.29) is 29.1 Å². The van der Waals surface area contributed by atoms with E-state index in [1.807, 2.05) is 64.6 Å². The number of rotatable bonds is 6. The predicted octanol–water partition coefficient (Wildman–Crippen LogP) is 3.45. The monoisotopic (exact) mass is 493 g/mol. The third-order valence-electron chi connectivity index (χ3n) is 7.30. The van der Waals surface area contributed by atoms with Gasteiger partial charge in [0.05, 0.1) is 28.6 Å². The molecule has 1 fully saturated rings. The molecule has 0 bridgehead atoms. The molecular formula is C27H32ClN5O2. The number of para-hydroxylation sites is 2. The predicted molar refractivity (Wildman–Crippen MR) is 139 cm³/mol. The summed E-state index contributed by atoms with van der Waals surface area (Å²) in [7, 11) is 0. The second-order valence-electron chi connectivity index (χ2n) is 9.75. The maximum atomic E-state index is 13.4. The third kappa shape index (κ3) is 5.21. The first-order chi connectivity index (χ1) is 17.0. The molecule has 5 rings (SSSR count). The molecule has 2 unspecified atom stereocenters. The number of aromatic nitrogens is 3. The van der Waals surface area contributed by atoms with Gasteiger partial charge in [-0.25, -0.2) is 4.79 Å². The minimum Gasteiger partial charge on any atom is -0.350 e. The van der Waals surface area contributed by atoms with Crippen LogP contribution in [0.25, 0.3) is 11.0 Å². The summed E-state index contributed by atoms with van der Waals surface area (Å²) >= 11 is 6.21. The van der Waals surface area contributed by atoms with Crippen LogP contribution in [-0.4, -0.2) is 44.0 Å². The lowest BCUT2D eigenvalue weighted by Crippen LogP contribution is -2.46. The molecule has 2 aliphatic rings. The summed E-state index contributed by atoms with van der Waals surface area (Å²) in [6.45, 7) is 3.82. The highest BCUT2D eigenvalue weighted by molar-refractivity contribution is 6.22. The van der Waals surface area contributed by atoms with Crippen LogP contribution in [0.5, 0.6) is 0 Å². The van der Waals surface area contributed by atoms with E-state index in [0.29, 0.717) is 25.6 Å². The Kier molecular flexibility index (Phi) is 7.07. The summed E-state index contributed by atoms with van der Waals surface area (Å²) in [5, 5.41) is 6.33. The van der Waals surface area contributed by atoms with E-state index < -0.39 is 0 Å². The zero-order valence-corrected chi connectivity index (χ0v) is 20.7. The molecule has 2 aromatic heterocycles. The number of nitrogens with zero attached hydrogens (tertiary/aromatic N) is 3. The van der Waals surface area contributed by atoms with Gasteiger partial charge in [0.25, 0.3) is 0 Å². The molecule has 1 aliphatic heterocycles. The van der Waals surface area contributed by atoms with Gasteiger partial charge in [0.1, 0.15) is 0 Å². The van der Waals surface area contributed by atoms with Gasteiger partial charge in [-0.3, -0.25) is 18.9 Å². The molecule has 8 heteroatoms. The molecule has 35 heavy (non-hydrogen) atoms. The normalized spacial score (nSPS) is 24.8. The average Bonchev–Trinajstić information content (AvgIpc) is 3.13. The fourth-order valence-corrected chi connectivity index (χ4v) is 5.57. The van der Waals surface area contributed by atoms with Gasteiger partial charge in [-0.1, -0.05) is 24.3 Å². The number of fused-ring (bicyclic) bond motifs is 1. The number of hydrogen-bond donors (Lipinski definition) is 2. The summed E-state index contributed by atoms with van der Waals surface area (Å²) < 4.78 is 3.74. The van der Waals surface area contributed by atoms with Gasteiger partial charge in [-0.2, -0.15) is 0 Å². The molecule has 184 valence electrons. The summed E-state index contributed by atoms with van der Waals surface area (Å²) in [5.74, 6) is 0.379. The van der Waals surface area contributed by atoms with Crippen molar-refractivity contribution >= 4 is 28.5 Å². The topological polar surface area (TPSA) is 81.0 Å². The summed E-state index contributed by atoms with van der Waals surface area (Å²) in [6, 6.07) is 13.9. The van der Waals surface area contributed by atoms with E-state index in [4.69, 9.17) is 11.6 Å². The molecule has 0 saturated heterocycles. The standard InChI is InChI=1S/C27H32ClN5O2/c1-18-23(14-20(28)15-30-18)26(34)31-21-11-9-19(10-12-21)16-32-24-7-2-3-8-25(24)33(27(32)35)17-22-6-4-5-13-29-22/h2-8,13-14,18-21,30H,9-12,15-17H2,1H3,(H,31,34)/t18?,19-,20?,21-. The van der Waals surface area contributed by atoms with E-state index in [0.717, 1.165) is 48.0 Å². The van der Waals surface area contributed by atoms with E-state index >= 15 is 0 Å². The first kappa shape index (κ1) is 23.8. The highest BCUT2D eigenvalue weighted by Crippen LogP contribution is 2.27. The fourth-order valence-electron chi connectivity index (χ4n) is 5.34. The van der Waals surface area contributed by atoms with Gasteiger partial charge in [0.15, 0.2) is 0 Å². The number of imidazole rings is 1. The SMILES string of the molecule is CC1NCC(Cl)C=C1C(=O)N[C@H]1CC[C@H](Cn2c(=O)n(Cc3ccccn3)c3ccccc32)CC1. The van der Waals surface area contributed by atoms with Crippen molar-refractivity contribution < 1.29 is 4.79 Å². The zero-order chi connectivity index (χ0) is 24.4. The number of alkyl halides is 1. The molecule has 7 nitrogen and oxygen atoms in total. The number of hydrogen-bond acceptors (Lipinski definition) is 4. The molecule has 2 N–H and O–H groups in total. The van der Waals surface area contributed by atoms with Crippen molar-refractivity contribution in [3.63, 3.8) is 0 Å². The second-order valence-corrected chi connectivity index (χ2v) is 10.3. The molecule has 3 heterocycles. The number of nitrogens with one attached hydrogen (secondary N) is 2. The first-order valence-electron chi connectivity index (χ1n) is 12.5. The maximum absolute atomic E-state index is 13.4. The second kappa shape index (κ2) is 10.4. The maximum Gasteiger partial charge on any atom is 0.329 e. The first-order valence-corrected chi connectivity index (χ1v) is 12.9. The van der Waals surface area contributed by atoms with Crippen LogP contribution < -0.4 is 16.3 Å². The van der Waals surface area contributed by atoms with Crippen molar-refractivity contribution in [3.05, 3.63) is 76.5 Å². The summed E-state index contributed by atoms with van der Waals surface area (Å²) in [5.41, 5.74) is 3.50. The molecule has 0 radical (unpaired) electrons. The lowest BCUT2D eigenvalue weighted by Gasteiger charge is -2.31. The van der Waals surface area contributed by atoms with Crippen molar-refractivity contribution in [3.8, 4) is 0 Å². The van der Waals surface area contributed by atoms with Gasteiger partial charge < -0.3 is 10.6 Å². The quantitative estimate of drug-likeness (QED) is 0.515. The van der Waals surface area contributed by atoms with Crippen LogP contribution in [0.2, 0.25) is 0 Å². The highest BCUT2D eigenvalue weighted by atomic mass is 35.5. The van der Waals surface area contributed by atoms with Gasteiger partial charge in [-0.05, 0) is 62.8 Å². The smallest absolute Gasteiger partial charge is 0.329 e. The molecule has 1 saturated carbocycles. The van der Waals surface area contributed by atoms with Crippen molar-refractivity contribution in [1.82, 2.24) is 24.8 Å². The van der Waals surface area contributed by atoms with Crippen LogP contribution in [0.3, 0.4) is 0 Å². The van der Waals surface area contributed by atoms with Crippen LogP contribution in [0, 0.1) is 5.92 Å². The number of carbonyl (C=O) groups is 1. The minimum atomic E-state index is -0.152. The van der Waals surface area contributed by atoms with Crippen molar-refractivity contribution in [2.45, 2.75) is 63.2 Å². The van der Waals surface area contributed by atoms with Gasteiger partial charge >= 0.3 is 5.69 Å². The Balaban J connectivity index is 1.25. The van der Waals surface area contributed by atoms with Crippen LogP contribution in [0.4, 0.5) is 0 Å². The molecule has 1 aliphatic carbocycles. The Bertz CT molecular complexity index is 1270. The highest BCUT2D eigenvalue weighted by Gasteiger charge is 2.28. The van der Waals surface area contributed by atoms with Crippen LogP contribution in [-0.2, 0) is 17.9 Å². The van der Waals surface area contributed by atoms with E-state index in [1.165, 1.54) is 0 Å². The summed E-state index contributed by atoms with van der Waals surface area (Å²) in [4.78, 5) is 30.6. The average molecular weight is 494 g/mol. The molecule has 1 aromatic carbocycles. The van der Waals surface area contributed by atoms with Crippen molar-refractivity contribution in [1.29, 1.82) is 0 Å². The Labute approximate surface area is 210 Å². The van der Waals surface area contributed by atoms with Crippen molar-refractivity contribution in [2.75, 3.05) is 6.54 Å². The number of carbonyl (C=O) groups excluding carboxylic acids is 1. The Morgan fingerprint density at radius 3 is 2.51 bits per heavy atom. The van der Waals surface area contributed by atoms with Crippen LogP contribution >= 0.6 is 11.6 Å². The summed E-state index contributed by atoms with van der Waals surface area (Å²) in [6.07, 6.45) is 7.40. The molecule has 1 amide bonds. The largest absolute Gasteiger partial charge is 0.350 e. The van der Waals surface area contributed by atoms with Crippen LogP contribution in [0.15, 0.2) is 65.1 Å². The zero-order valence-electron chi connectivity index (χ0n) is 20.0. The number of benzene rings is 1. The van der Waals surface area contributed by atoms with E-state index in [1.54, 1.807) is 6.20 Å². The molecular weight excluding hydrogens is 462 g/mol. The Morgan fingerprint density at radius 2 is 1.80 bits per heavy atom.